The van der Waals surface area contributed by atoms with E-state index >= 15 is 0 Å². The van der Waals surface area contributed by atoms with Crippen LogP contribution in [0.2, 0.25) is 0 Å². The first-order valence-corrected chi connectivity index (χ1v) is 32.1. The zero-order chi connectivity index (χ0) is 52.7. The highest BCUT2D eigenvalue weighted by Crippen LogP contribution is 2.38. The Bertz CT molecular complexity index is 1360. The first-order chi connectivity index (χ1) is 35.0. The lowest BCUT2D eigenvalue weighted by Crippen LogP contribution is -2.45. The summed E-state index contributed by atoms with van der Waals surface area (Å²) in [6.45, 7) is 4.52. The SMILES string of the molecule is CC/C=C\C/C=C\C/C=C\C/C=C\CCCCCCCCCCCCCCCCCCCCCCCCCCCCCCC(=O)NC(COP(=O)([O-])OCC[N+](C)(C)C)C(O)/C=C/CCCCCCCCC. The molecule has 0 aromatic carbocycles. The molecule has 0 rings (SSSR count). The van der Waals surface area contributed by atoms with E-state index in [9.17, 15) is 19.4 Å². The number of unbranched alkanes of at least 4 members (excludes halogenated alkanes) is 35. The monoisotopic (exact) mass is 1030 g/mol. The van der Waals surface area contributed by atoms with Crippen molar-refractivity contribution in [2.24, 2.45) is 0 Å². The fourth-order valence-electron chi connectivity index (χ4n) is 8.97. The van der Waals surface area contributed by atoms with Crippen molar-refractivity contribution in [3.8, 4) is 0 Å². The van der Waals surface area contributed by atoms with E-state index in [2.05, 4.69) is 67.8 Å². The molecule has 9 heteroatoms. The summed E-state index contributed by atoms with van der Waals surface area (Å²) in [5.41, 5.74) is 0. The summed E-state index contributed by atoms with van der Waals surface area (Å²) in [6, 6.07) is -0.883. The molecule has 0 aliphatic carbocycles. The maximum atomic E-state index is 12.9. The maximum absolute atomic E-state index is 12.9. The average Bonchev–Trinajstić information content (AvgIpc) is 3.34. The smallest absolute Gasteiger partial charge is 0.268 e. The van der Waals surface area contributed by atoms with Crippen LogP contribution in [0.1, 0.15) is 284 Å². The molecule has 422 valence electrons. The number of nitrogens with zero attached hydrogens (tertiary/aromatic N) is 1. The van der Waals surface area contributed by atoms with Crippen molar-refractivity contribution in [1.82, 2.24) is 5.32 Å². The second kappa shape index (κ2) is 54.0. The van der Waals surface area contributed by atoms with Gasteiger partial charge < -0.3 is 28.8 Å². The highest BCUT2D eigenvalue weighted by Gasteiger charge is 2.23. The molecular formula is C63H119N2O6P. The summed E-state index contributed by atoms with van der Waals surface area (Å²) in [7, 11) is 1.27. The zero-order valence-electron chi connectivity index (χ0n) is 48.1. The van der Waals surface area contributed by atoms with E-state index in [4.69, 9.17) is 9.05 Å². The molecule has 0 heterocycles. The fourth-order valence-corrected chi connectivity index (χ4v) is 9.69. The third-order valence-corrected chi connectivity index (χ3v) is 14.7. The highest BCUT2D eigenvalue weighted by molar-refractivity contribution is 7.45. The summed E-state index contributed by atoms with van der Waals surface area (Å²) in [4.78, 5) is 25.4. The summed E-state index contributed by atoms with van der Waals surface area (Å²) in [5.74, 6) is -0.196. The molecule has 3 atom stereocenters. The molecule has 3 unspecified atom stereocenters. The number of carbonyl (C=O) groups excluding carboxylic acids is 1. The van der Waals surface area contributed by atoms with Crippen LogP contribution >= 0.6 is 7.82 Å². The standard InChI is InChI=1S/C63H119N2O6P/c1-6-8-10-12-14-16-17-18-19-20-21-22-23-24-25-26-27-28-29-30-31-32-33-34-35-36-37-38-39-40-41-42-43-44-45-46-47-49-51-53-55-57-63(67)64-61(60-71-72(68,69)70-59-58-65(3,4)5)62(66)56-54-52-50-48-15-13-11-9-7-2/h8,10,14,16,18-19,21-22,54,56,61-62,66H,6-7,9,11-13,15,17,20,23-53,55,57-60H2,1-5H3,(H-,64,67,68,69)/b10-8-,16-14-,19-18-,22-21-,56-54+. The van der Waals surface area contributed by atoms with Crippen LogP contribution in [-0.4, -0.2) is 68.5 Å². The third-order valence-electron chi connectivity index (χ3n) is 13.7. The molecule has 0 aromatic rings. The Hall–Kier alpha value is -1.80. The van der Waals surface area contributed by atoms with Gasteiger partial charge in [0.1, 0.15) is 13.2 Å². The molecule has 72 heavy (non-hydrogen) atoms. The van der Waals surface area contributed by atoms with Gasteiger partial charge in [-0.05, 0) is 57.8 Å². The Morgan fingerprint density at radius 2 is 0.847 bits per heavy atom. The van der Waals surface area contributed by atoms with Crippen LogP contribution in [0.5, 0.6) is 0 Å². The van der Waals surface area contributed by atoms with Gasteiger partial charge in [-0.2, -0.15) is 0 Å². The van der Waals surface area contributed by atoms with Crippen LogP contribution in [0.25, 0.3) is 0 Å². The number of hydrogen-bond donors (Lipinski definition) is 2. The summed E-state index contributed by atoms with van der Waals surface area (Å²) >= 11 is 0. The number of likely N-dealkylation sites (N-methyl/N-ethyl adjacent to an activating group) is 1. The molecule has 0 aliphatic rings. The predicted octanol–water partition coefficient (Wildman–Crippen LogP) is 18.2. The van der Waals surface area contributed by atoms with E-state index in [-0.39, 0.29) is 19.1 Å². The minimum atomic E-state index is -4.59. The fraction of sp³-hybridized carbons (Fsp3) is 0.825. The van der Waals surface area contributed by atoms with Crippen molar-refractivity contribution in [2.45, 2.75) is 296 Å². The molecule has 0 radical (unpaired) electrons. The van der Waals surface area contributed by atoms with Crippen LogP contribution in [-0.2, 0) is 18.4 Å². The number of nitrogens with one attached hydrogen (secondary N) is 1. The van der Waals surface area contributed by atoms with Gasteiger partial charge in [0.15, 0.2) is 0 Å². The Kier molecular flexibility index (Phi) is 52.7. The molecule has 2 N–H and O–H groups in total. The molecule has 0 aliphatic heterocycles. The molecule has 8 nitrogen and oxygen atoms in total. The van der Waals surface area contributed by atoms with Gasteiger partial charge in [0, 0.05) is 6.42 Å². The molecule has 0 fully saturated rings. The molecule has 0 spiro atoms. The number of aliphatic hydroxyl groups is 1. The van der Waals surface area contributed by atoms with E-state index in [0.29, 0.717) is 17.4 Å². The summed E-state index contributed by atoms with van der Waals surface area (Å²) in [5, 5.41) is 13.8. The van der Waals surface area contributed by atoms with E-state index in [1.54, 1.807) is 6.08 Å². The topological polar surface area (TPSA) is 108 Å². The third kappa shape index (κ3) is 55.9. The van der Waals surface area contributed by atoms with E-state index < -0.39 is 20.0 Å². The van der Waals surface area contributed by atoms with Gasteiger partial charge in [-0.1, -0.05) is 280 Å². The molecule has 0 saturated heterocycles. The largest absolute Gasteiger partial charge is 0.756 e. The van der Waals surface area contributed by atoms with Crippen molar-refractivity contribution in [1.29, 1.82) is 0 Å². The van der Waals surface area contributed by atoms with Crippen molar-refractivity contribution < 1.29 is 32.9 Å². The Morgan fingerprint density at radius 1 is 0.500 bits per heavy atom. The van der Waals surface area contributed by atoms with Gasteiger partial charge in [0.2, 0.25) is 5.91 Å². The van der Waals surface area contributed by atoms with Gasteiger partial charge in [0.25, 0.3) is 7.82 Å². The van der Waals surface area contributed by atoms with Gasteiger partial charge in [-0.15, -0.1) is 0 Å². The highest BCUT2D eigenvalue weighted by atomic mass is 31.2. The lowest BCUT2D eigenvalue weighted by molar-refractivity contribution is -0.870. The second-order valence-corrected chi connectivity index (χ2v) is 23.4. The van der Waals surface area contributed by atoms with Crippen molar-refractivity contribution in [3.63, 3.8) is 0 Å². The van der Waals surface area contributed by atoms with Crippen molar-refractivity contribution >= 4 is 13.7 Å². The predicted molar refractivity (Wildman–Crippen MR) is 311 cm³/mol. The summed E-state index contributed by atoms with van der Waals surface area (Å²) < 4.78 is 23.2. The zero-order valence-corrected chi connectivity index (χ0v) is 49.0. The Balaban J connectivity index is 3.76. The lowest BCUT2D eigenvalue weighted by Gasteiger charge is -2.29. The minimum absolute atomic E-state index is 0.000109. The number of amides is 1. The van der Waals surface area contributed by atoms with Gasteiger partial charge >= 0.3 is 0 Å². The lowest BCUT2D eigenvalue weighted by atomic mass is 10.0. The van der Waals surface area contributed by atoms with E-state index in [0.717, 1.165) is 64.2 Å². The van der Waals surface area contributed by atoms with Crippen molar-refractivity contribution in [2.75, 3.05) is 40.9 Å². The van der Waals surface area contributed by atoms with Crippen molar-refractivity contribution in [3.05, 3.63) is 60.8 Å². The normalized spacial score (nSPS) is 14.3. The quantitative estimate of drug-likeness (QED) is 0.0272. The Morgan fingerprint density at radius 3 is 1.24 bits per heavy atom. The molecule has 0 saturated carbocycles. The first-order valence-electron chi connectivity index (χ1n) is 30.7. The number of quaternary nitrogens is 1. The van der Waals surface area contributed by atoms with Gasteiger partial charge in [-0.3, -0.25) is 9.36 Å². The Labute approximate surface area is 447 Å². The number of phosphoric acid groups is 1. The second-order valence-electron chi connectivity index (χ2n) is 22.0. The van der Waals surface area contributed by atoms with Crippen LogP contribution in [0, 0.1) is 0 Å². The van der Waals surface area contributed by atoms with Gasteiger partial charge in [0.05, 0.1) is 39.9 Å². The summed E-state index contributed by atoms with van der Waals surface area (Å²) in [6.07, 6.45) is 73.6. The van der Waals surface area contributed by atoms with Crippen LogP contribution < -0.4 is 10.2 Å². The molecule has 1 amide bonds. The van der Waals surface area contributed by atoms with Gasteiger partial charge in [-0.25, -0.2) is 0 Å². The number of phosphoric ester groups is 1. The van der Waals surface area contributed by atoms with E-state index in [1.165, 1.54) is 199 Å². The average molecular weight is 1030 g/mol. The molecule has 0 aromatic heterocycles. The van der Waals surface area contributed by atoms with Crippen LogP contribution in [0.15, 0.2) is 60.8 Å². The molecular weight excluding hydrogens is 912 g/mol. The maximum Gasteiger partial charge on any atom is 0.268 e. The number of hydrogen-bond acceptors (Lipinski definition) is 6. The first kappa shape index (κ1) is 70.2. The number of carbonyl (C=O) groups is 1. The molecule has 0 bridgehead atoms. The number of aliphatic hydroxyl groups excluding tert-OH is 1. The number of allylic oxidation sites excluding steroid dienone is 9. The van der Waals surface area contributed by atoms with Crippen LogP contribution in [0.3, 0.4) is 0 Å². The minimum Gasteiger partial charge on any atom is -0.756 e. The van der Waals surface area contributed by atoms with Crippen LogP contribution in [0.4, 0.5) is 0 Å². The van der Waals surface area contributed by atoms with E-state index in [1.807, 2.05) is 27.2 Å². The number of rotatable bonds is 56.